The zero-order chi connectivity index (χ0) is 22.5. The molecule has 1 aromatic heterocycles. The highest BCUT2D eigenvalue weighted by Gasteiger charge is 2.27. The van der Waals surface area contributed by atoms with Crippen molar-refractivity contribution in [2.24, 2.45) is 0 Å². The first-order valence-electron chi connectivity index (χ1n) is 11.1. The van der Waals surface area contributed by atoms with E-state index in [-0.39, 0.29) is 5.91 Å². The Labute approximate surface area is 193 Å². The monoisotopic (exact) mass is 453 g/mol. The van der Waals surface area contributed by atoms with E-state index in [4.69, 9.17) is 21.1 Å². The van der Waals surface area contributed by atoms with E-state index in [2.05, 4.69) is 17.1 Å². The van der Waals surface area contributed by atoms with Crippen molar-refractivity contribution in [1.29, 1.82) is 0 Å². The third-order valence-electron chi connectivity index (χ3n) is 5.58. The van der Waals surface area contributed by atoms with E-state index in [1.807, 2.05) is 48.2 Å². The van der Waals surface area contributed by atoms with Crippen LogP contribution in [0.5, 0.6) is 11.5 Å². The number of H-pyrrole nitrogens is 1. The lowest BCUT2D eigenvalue weighted by Crippen LogP contribution is -2.36. The summed E-state index contributed by atoms with van der Waals surface area (Å²) in [5.74, 6) is 1.26. The van der Waals surface area contributed by atoms with Crippen LogP contribution < -0.4 is 9.47 Å². The molecule has 0 bridgehead atoms. The minimum absolute atomic E-state index is 0.0278. The van der Waals surface area contributed by atoms with E-state index in [1.54, 1.807) is 6.07 Å². The SMILES string of the molecule is CCCCOc1ccc(C(=O)N2CCc3[nH]nc(-c4ccc(Cl)cc4)c3C2)cc1OCC. The first-order valence-corrected chi connectivity index (χ1v) is 11.5. The largest absolute Gasteiger partial charge is 0.490 e. The minimum atomic E-state index is -0.0278. The predicted octanol–water partition coefficient (Wildman–Crippen LogP) is 5.51. The van der Waals surface area contributed by atoms with Gasteiger partial charge >= 0.3 is 0 Å². The van der Waals surface area contributed by atoms with Gasteiger partial charge in [0.15, 0.2) is 11.5 Å². The molecule has 0 atom stereocenters. The molecule has 3 aromatic rings. The van der Waals surface area contributed by atoms with Gasteiger partial charge in [0.05, 0.1) is 18.9 Å². The van der Waals surface area contributed by atoms with Crippen molar-refractivity contribution >= 4 is 17.5 Å². The average molecular weight is 454 g/mol. The fourth-order valence-corrected chi connectivity index (χ4v) is 3.98. The molecular formula is C25H28ClN3O3. The molecule has 32 heavy (non-hydrogen) atoms. The molecule has 0 fully saturated rings. The molecule has 6 nitrogen and oxygen atoms in total. The van der Waals surface area contributed by atoms with Crippen molar-refractivity contribution < 1.29 is 14.3 Å². The molecule has 0 unspecified atom stereocenters. The normalized spacial score (nSPS) is 13.0. The summed E-state index contributed by atoms with van der Waals surface area (Å²) in [5, 5.41) is 8.33. The maximum Gasteiger partial charge on any atom is 0.254 e. The molecule has 0 saturated carbocycles. The Balaban J connectivity index is 1.54. The number of hydrogen-bond acceptors (Lipinski definition) is 4. The molecule has 0 saturated heterocycles. The van der Waals surface area contributed by atoms with Crippen LogP contribution in [0.1, 0.15) is 48.3 Å². The van der Waals surface area contributed by atoms with Crippen molar-refractivity contribution in [3.05, 3.63) is 64.3 Å². The molecule has 1 aliphatic heterocycles. The third-order valence-corrected chi connectivity index (χ3v) is 5.84. The number of carbonyl (C=O) groups is 1. The molecular weight excluding hydrogens is 426 g/mol. The fourth-order valence-electron chi connectivity index (χ4n) is 3.85. The second-order valence-corrected chi connectivity index (χ2v) is 8.25. The molecule has 168 valence electrons. The smallest absolute Gasteiger partial charge is 0.254 e. The van der Waals surface area contributed by atoms with Gasteiger partial charge in [0.2, 0.25) is 0 Å². The maximum absolute atomic E-state index is 13.3. The maximum atomic E-state index is 13.3. The molecule has 7 heteroatoms. The van der Waals surface area contributed by atoms with Gasteiger partial charge in [-0.3, -0.25) is 9.89 Å². The number of amides is 1. The van der Waals surface area contributed by atoms with E-state index in [0.29, 0.717) is 48.4 Å². The standard InChI is InChI=1S/C25H28ClN3O3/c1-3-5-14-32-22-11-8-18(15-23(22)31-4-2)25(30)29-13-12-21-20(16-29)24(28-27-21)17-6-9-19(26)10-7-17/h6-11,15H,3-5,12-14,16H2,1-2H3,(H,27,28). The first kappa shape index (κ1) is 22.2. The van der Waals surface area contributed by atoms with Crippen LogP contribution in [0.25, 0.3) is 11.3 Å². The predicted molar refractivity (Wildman–Crippen MR) is 125 cm³/mol. The molecule has 4 rings (SSSR count). The van der Waals surface area contributed by atoms with Crippen molar-refractivity contribution in [3.63, 3.8) is 0 Å². The van der Waals surface area contributed by atoms with Crippen molar-refractivity contribution in [2.45, 2.75) is 39.7 Å². The summed E-state index contributed by atoms with van der Waals surface area (Å²) in [6.07, 6.45) is 2.77. The summed E-state index contributed by atoms with van der Waals surface area (Å²) in [7, 11) is 0. The second kappa shape index (κ2) is 10.1. The summed E-state index contributed by atoms with van der Waals surface area (Å²) in [4.78, 5) is 15.2. The Morgan fingerprint density at radius 1 is 1.12 bits per heavy atom. The molecule has 1 amide bonds. The van der Waals surface area contributed by atoms with E-state index in [9.17, 15) is 4.79 Å². The number of hydrogen-bond donors (Lipinski definition) is 1. The van der Waals surface area contributed by atoms with Crippen LogP contribution in [0.2, 0.25) is 5.02 Å². The Morgan fingerprint density at radius 2 is 1.94 bits per heavy atom. The Hall–Kier alpha value is -2.99. The summed E-state index contributed by atoms with van der Waals surface area (Å²) >= 11 is 6.03. The van der Waals surface area contributed by atoms with Crippen LogP contribution in [0.15, 0.2) is 42.5 Å². The van der Waals surface area contributed by atoms with Gasteiger partial charge in [-0.15, -0.1) is 0 Å². The molecule has 1 aliphatic rings. The van der Waals surface area contributed by atoms with Gasteiger partial charge in [0.1, 0.15) is 0 Å². The number of unbranched alkanes of at least 4 members (excludes halogenated alkanes) is 1. The molecule has 0 aliphatic carbocycles. The number of fused-ring (bicyclic) bond motifs is 1. The highest BCUT2D eigenvalue weighted by Crippen LogP contribution is 2.32. The van der Waals surface area contributed by atoms with E-state index in [1.165, 1.54) is 0 Å². The van der Waals surface area contributed by atoms with Crippen LogP contribution in [0.3, 0.4) is 0 Å². The lowest BCUT2D eigenvalue weighted by molar-refractivity contribution is 0.0734. The van der Waals surface area contributed by atoms with Gasteiger partial charge < -0.3 is 14.4 Å². The number of nitrogens with zero attached hydrogens (tertiary/aromatic N) is 2. The van der Waals surface area contributed by atoms with Crippen LogP contribution in [0, 0.1) is 0 Å². The summed E-state index contributed by atoms with van der Waals surface area (Å²) in [6.45, 7) is 6.32. The van der Waals surface area contributed by atoms with Gasteiger partial charge in [0, 0.05) is 46.9 Å². The van der Waals surface area contributed by atoms with Gasteiger partial charge in [-0.1, -0.05) is 37.1 Å². The fraction of sp³-hybridized carbons (Fsp3) is 0.360. The number of ether oxygens (including phenoxy) is 2. The van der Waals surface area contributed by atoms with Crippen LogP contribution in [0.4, 0.5) is 0 Å². The van der Waals surface area contributed by atoms with Gasteiger partial charge in [0.25, 0.3) is 5.91 Å². The van der Waals surface area contributed by atoms with Crippen LogP contribution >= 0.6 is 11.6 Å². The van der Waals surface area contributed by atoms with Gasteiger partial charge in [-0.05, 0) is 43.7 Å². The van der Waals surface area contributed by atoms with Crippen LogP contribution in [-0.4, -0.2) is 40.8 Å². The second-order valence-electron chi connectivity index (χ2n) is 7.81. The molecule has 2 heterocycles. The van der Waals surface area contributed by atoms with Crippen molar-refractivity contribution in [3.8, 4) is 22.8 Å². The lowest BCUT2D eigenvalue weighted by atomic mass is 10.0. The van der Waals surface area contributed by atoms with Crippen molar-refractivity contribution in [1.82, 2.24) is 15.1 Å². The highest BCUT2D eigenvalue weighted by molar-refractivity contribution is 6.30. The molecule has 2 aromatic carbocycles. The number of nitrogens with one attached hydrogen (secondary N) is 1. The van der Waals surface area contributed by atoms with Gasteiger partial charge in [-0.25, -0.2) is 0 Å². The number of benzene rings is 2. The summed E-state index contributed by atoms with van der Waals surface area (Å²) in [6, 6.07) is 13.0. The molecule has 0 spiro atoms. The van der Waals surface area contributed by atoms with Crippen LogP contribution in [-0.2, 0) is 13.0 Å². The number of rotatable bonds is 8. The Bertz CT molecular complexity index is 1080. The average Bonchev–Trinajstić information content (AvgIpc) is 3.23. The number of aromatic nitrogens is 2. The summed E-state index contributed by atoms with van der Waals surface area (Å²) < 4.78 is 11.6. The molecule has 0 radical (unpaired) electrons. The summed E-state index contributed by atoms with van der Waals surface area (Å²) in [5.41, 5.74) is 4.57. The minimum Gasteiger partial charge on any atom is -0.490 e. The van der Waals surface area contributed by atoms with Crippen molar-refractivity contribution in [2.75, 3.05) is 19.8 Å². The van der Waals surface area contributed by atoms with E-state index in [0.717, 1.165) is 41.8 Å². The zero-order valence-electron chi connectivity index (χ0n) is 18.5. The zero-order valence-corrected chi connectivity index (χ0v) is 19.2. The Kier molecular flexibility index (Phi) is 7.00. The number of aromatic amines is 1. The number of carbonyl (C=O) groups excluding carboxylic acids is 1. The lowest BCUT2D eigenvalue weighted by Gasteiger charge is -2.27. The van der Waals surface area contributed by atoms with E-state index < -0.39 is 0 Å². The quantitative estimate of drug-likeness (QED) is 0.457. The number of halogens is 1. The molecule has 1 N–H and O–H groups in total. The first-order chi connectivity index (χ1) is 15.6. The third kappa shape index (κ3) is 4.75. The topological polar surface area (TPSA) is 67.5 Å². The highest BCUT2D eigenvalue weighted by atomic mass is 35.5. The van der Waals surface area contributed by atoms with Gasteiger partial charge in [-0.2, -0.15) is 5.10 Å². The van der Waals surface area contributed by atoms with E-state index >= 15 is 0 Å². The Morgan fingerprint density at radius 3 is 2.69 bits per heavy atom.